The maximum absolute atomic E-state index is 13.7. The summed E-state index contributed by atoms with van der Waals surface area (Å²) in [5.41, 5.74) is 2.20. The summed E-state index contributed by atoms with van der Waals surface area (Å²) in [6.45, 7) is 3.63. The van der Waals surface area contributed by atoms with Crippen LogP contribution in [0.3, 0.4) is 0 Å². The normalized spacial score (nSPS) is 22.6. The molecular formula is C38H37F2N5O6. The Morgan fingerprint density at radius 2 is 1.65 bits per heavy atom. The maximum atomic E-state index is 13.7. The van der Waals surface area contributed by atoms with Crippen molar-refractivity contribution in [3.63, 3.8) is 0 Å². The zero-order chi connectivity index (χ0) is 35.2. The van der Waals surface area contributed by atoms with Gasteiger partial charge in [-0.05, 0) is 106 Å². The predicted molar refractivity (Wildman–Crippen MR) is 180 cm³/mol. The van der Waals surface area contributed by atoms with Crippen molar-refractivity contribution in [2.75, 3.05) is 26.2 Å². The average molecular weight is 698 g/mol. The van der Waals surface area contributed by atoms with E-state index < -0.39 is 41.3 Å². The topological polar surface area (TPSA) is 123 Å². The van der Waals surface area contributed by atoms with Crippen molar-refractivity contribution >= 4 is 29.3 Å². The number of halogens is 2. The number of nitrogens with zero attached hydrogens (tertiary/aromatic N) is 4. The van der Waals surface area contributed by atoms with Gasteiger partial charge in [-0.1, -0.05) is 0 Å². The number of hydrogen-bond acceptors (Lipinski definition) is 8. The number of imidazole rings is 1. The van der Waals surface area contributed by atoms with Crippen LogP contribution in [0.15, 0.2) is 60.9 Å². The molecule has 0 radical (unpaired) electrons. The summed E-state index contributed by atoms with van der Waals surface area (Å²) in [6, 6.07) is 11.4. The van der Waals surface area contributed by atoms with E-state index in [1.807, 2.05) is 22.7 Å². The van der Waals surface area contributed by atoms with Crippen molar-refractivity contribution in [3.8, 4) is 22.8 Å². The molecule has 2 aromatic heterocycles. The fourth-order valence-corrected chi connectivity index (χ4v) is 7.65. The third-order valence-corrected chi connectivity index (χ3v) is 10.6. The van der Waals surface area contributed by atoms with Gasteiger partial charge in [0.25, 0.3) is 11.8 Å². The number of rotatable bonds is 10. The highest BCUT2D eigenvalue weighted by molar-refractivity contribution is 6.23. The summed E-state index contributed by atoms with van der Waals surface area (Å²) < 4.78 is 41.1. The number of piperidine rings is 2. The molecule has 3 aliphatic heterocycles. The molecule has 1 aliphatic carbocycles. The first-order valence-corrected chi connectivity index (χ1v) is 17.5. The maximum Gasteiger partial charge on any atom is 0.262 e. The number of benzene rings is 2. The molecule has 1 unspecified atom stereocenters. The summed E-state index contributed by atoms with van der Waals surface area (Å²) in [5, 5.41) is 2.21. The van der Waals surface area contributed by atoms with E-state index in [-0.39, 0.29) is 30.1 Å². The second-order valence-corrected chi connectivity index (χ2v) is 14.0. The Balaban J connectivity index is 0.753. The second kappa shape index (κ2) is 13.5. The first-order valence-electron chi connectivity index (χ1n) is 17.5. The number of aromatic nitrogens is 2. The summed E-state index contributed by atoms with van der Waals surface area (Å²) in [4.78, 5) is 57.9. The van der Waals surface area contributed by atoms with E-state index in [4.69, 9.17) is 9.47 Å². The number of carbonyl (C=O) groups is 4. The molecule has 4 aliphatic rings. The van der Waals surface area contributed by atoms with Crippen LogP contribution in [-0.4, -0.2) is 81.2 Å². The molecule has 5 heterocycles. The number of amides is 4. The number of likely N-dealkylation sites (tertiary alicyclic amines) is 1. The van der Waals surface area contributed by atoms with Gasteiger partial charge in [-0.2, -0.15) is 0 Å². The summed E-state index contributed by atoms with van der Waals surface area (Å²) in [5.74, 6) is -1.51. The molecule has 51 heavy (non-hydrogen) atoms. The molecular weight excluding hydrogens is 660 g/mol. The van der Waals surface area contributed by atoms with Crippen LogP contribution in [-0.2, 0) is 9.59 Å². The highest BCUT2D eigenvalue weighted by Crippen LogP contribution is 2.35. The minimum Gasteiger partial charge on any atom is -0.494 e. The summed E-state index contributed by atoms with van der Waals surface area (Å²) in [6.07, 6.45) is 9.05. The molecule has 3 fully saturated rings. The van der Waals surface area contributed by atoms with E-state index in [2.05, 4.69) is 15.2 Å². The molecule has 1 N–H and O–H groups in total. The van der Waals surface area contributed by atoms with Gasteiger partial charge in [0.05, 0.1) is 29.5 Å². The molecule has 13 heteroatoms. The quantitative estimate of drug-likeness (QED) is 0.230. The Hall–Kier alpha value is -5.17. The van der Waals surface area contributed by atoms with Crippen LogP contribution < -0.4 is 14.8 Å². The Kier molecular flexibility index (Phi) is 8.74. The second-order valence-electron chi connectivity index (χ2n) is 14.0. The molecule has 4 aromatic rings. The SMILES string of the molecule is O=C1CCC(N2C(=O)c3ccc(OCCC4CCN(CC5CC(Oc6ccn7cc(-c8ccc(F)c(F)c8)nc7c6)C5)CC4)cc3C2=O)C(=O)N1. The first kappa shape index (κ1) is 33.0. The summed E-state index contributed by atoms with van der Waals surface area (Å²) >= 11 is 0. The van der Waals surface area contributed by atoms with Crippen molar-refractivity contribution in [1.29, 1.82) is 0 Å². The van der Waals surface area contributed by atoms with Crippen LogP contribution >= 0.6 is 0 Å². The van der Waals surface area contributed by atoms with E-state index in [0.717, 1.165) is 74.5 Å². The zero-order valence-corrected chi connectivity index (χ0v) is 27.9. The van der Waals surface area contributed by atoms with Crippen molar-refractivity contribution in [2.45, 2.75) is 57.1 Å². The van der Waals surface area contributed by atoms with E-state index in [1.165, 1.54) is 6.07 Å². The number of fused-ring (bicyclic) bond motifs is 2. The molecule has 0 spiro atoms. The largest absolute Gasteiger partial charge is 0.494 e. The number of nitrogens with one attached hydrogen (secondary N) is 1. The van der Waals surface area contributed by atoms with Crippen molar-refractivity contribution in [1.82, 2.24) is 24.5 Å². The first-order chi connectivity index (χ1) is 24.7. The van der Waals surface area contributed by atoms with Crippen LogP contribution in [0.2, 0.25) is 0 Å². The van der Waals surface area contributed by atoms with E-state index >= 15 is 0 Å². The standard InChI is InChI=1S/C38H37F2N5O6/c39-30-4-1-24(17-31(30)40)32-21-44-13-9-26(19-34(44)41-32)51-27-15-23(16-27)20-43-11-7-22(8-12-43)10-14-50-25-2-3-28-29(18-25)38(49)45(37(28)48)33-5-6-35(46)42-36(33)47/h1-4,9,13,17-19,21-23,27,33H,5-8,10-12,14-16,20H2,(H,42,46,47). The van der Waals surface area contributed by atoms with Gasteiger partial charge in [0.15, 0.2) is 11.6 Å². The van der Waals surface area contributed by atoms with Gasteiger partial charge in [0, 0.05) is 37.0 Å². The lowest BCUT2D eigenvalue weighted by atomic mass is 9.81. The van der Waals surface area contributed by atoms with Gasteiger partial charge in [-0.15, -0.1) is 0 Å². The van der Waals surface area contributed by atoms with Crippen LogP contribution in [0.25, 0.3) is 16.9 Å². The smallest absolute Gasteiger partial charge is 0.262 e. The number of hydrogen-bond donors (Lipinski definition) is 1. The van der Waals surface area contributed by atoms with Gasteiger partial charge < -0.3 is 18.8 Å². The fourth-order valence-electron chi connectivity index (χ4n) is 7.65. The molecule has 8 rings (SSSR count). The van der Waals surface area contributed by atoms with E-state index in [1.54, 1.807) is 24.4 Å². The Morgan fingerprint density at radius 3 is 2.43 bits per heavy atom. The van der Waals surface area contributed by atoms with Gasteiger partial charge in [0.2, 0.25) is 11.8 Å². The third-order valence-electron chi connectivity index (χ3n) is 10.6. The molecule has 2 aromatic carbocycles. The zero-order valence-electron chi connectivity index (χ0n) is 27.9. The van der Waals surface area contributed by atoms with Crippen LogP contribution in [0.5, 0.6) is 11.5 Å². The number of ether oxygens (including phenoxy) is 2. The van der Waals surface area contributed by atoms with Crippen LogP contribution in [0.1, 0.15) is 65.7 Å². The molecule has 2 saturated heterocycles. The molecule has 4 amide bonds. The van der Waals surface area contributed by atoms with Crippen LogP contribution in [0, 0.1) is 23.5 Å². The van der Waals surface area contributed by atoms with Crippen LogP contribution in [0.4, 0.5) is 8.78 Å². The van der Waals surface area contributed by atoms with Gasteiger partial charge in [-0.25, -0.2) is 13.8 Å². The molecule has 11 nitrogen and oxygen atoms in total. The Bertz CT molecular complexity index is 2040. The highest BCUT2D eigenvalue weighted by Gasteiger charge is 2.44. The number of imide groups is 2. The lowest BCUT2D eigenvalue weighted by molar-refractivity contribution is -0.136. The lowest BCUT2D eigenvalue weighted by Crippen LogP contribution is -2.54. The molecule has 0 bridgehead atoms. The Labute approximate surface area is 292 Å². The Morgan fingerprint density at radius 1 is 0.843 bits per heavy atom. The van der Waals surface area contributed by atoms with Gasteiger partial charge >= 0.3 is 0 Å². The molecule has 1 atom stereocenters. The van der Waals surface area contributed by atoms with Crippen molar-refractivity contribution in [2.24, 2.45) is 11.8 Å². The fraction of sp³-hybridized carbons (Fsp3) is 0.395. The average Bonchev–Trinajstić information content (AvgIpc) is 3.63. The van der Waals surface area contributed by atoms with Gasteiger partial charge in [-0.3, -0.25) is 29.4 Å². The highest BCUT2D eigenvalue weighted by atomic mass is 19.2. The minimum absolute atomic E-state index is 0.0784. The lowest BCUT2D eigenvalue weighted by Gasteiger charge is -2.40. The minimum atomic E-state index is -0.991. The number of pyridine rings is 1. The monoisotopic (exact) mass is 697 g/mol. The summed E-state index contributed by atoms with van der Waals surface area (Å²) in [7, 11) is 0. The number of carbonyl (C=O) groups excluding carboxylic acids is 4. The molecule has 264 valence electrons. The van der Waals surface area contributed by atoms with E-state index in [0.29, 0.717) is 41.1 Å². The predicted octanol–water partition coefficient (Wildman–Crippen LogP) is 5.02. The third kappa shape index (κ3) is 6.69. The van der Waals surface area contributed by atoms with Crippen molar-refractivity contribution in [3.05, 3.63) is 83.7 Å². The van der Waals surface area contributed by atoms with Gasteiger partial charge in [0.1, 0.15) is 23.2 Å². The molecule has 1 saturated carbocycles. The van der Waals surface area contributed by atoms with Crippen molar-refractivity contribution < 1.29 is 37.4 Å². The van der Waals surface area contributed by atoms with E-state index in [9.17, 15) is 28.0 Å².